The highest BCUT2D eigenvalue weighted by atomic mass is 35.5. The van der Waals surface area contributed by atoms with Crippen molar-refractivity contribution in [3.8, 4) is 6.07 Å². The number of anilines is 1. The molecule has 0 atom stereocenters. The van der Waals surface area contributed by atoms with Crippen molar-refractivity contribution in [2.24, 2.45) is 0 Å². The van der Waals surface area contributed by atoms with Gasteiger partial charge in [0.25, 0.3) is 10.0 Å². The fraction of sp³-hybridized carbons (Fsp3) is 0.0714. The molecule has 6 heteroatoms. The van der Waals surface area contributed by atoms with E-state index in [1.807, 2.05) is 6.07 Å². The van der Waals surface area contributed by atoms with Gasteiger partial charge in [0.2, 0.25) is 0 Å². The summed E-state index contributed by atoms with van der Waals surface area (Å²) in [6.07, 6.45) is 0. The number of nitrogens with zero attached hydrogens (tertiary/aromatic N) is 1. The third-order valence-corrected chi connectivity index (χ3v) is 4.32. The molecule has 2 aromatic rings. The van der Waals surface area contributed by atoms with Crippen LogP contribution in [0.5, 0.6) is 0 Å². The Morgan fingerprint density at radius 1 is 1.20 bits per heavy atom. The molecule has 102 valence electrons. The van der Waals surface area contributed by atoms with Gasteiger partial charge in [0, 0.05) is 5.02 Å². The third-order valence-electron chi connectivity index (χ3n) is 2.71. The number of sulfonamides is 1. The van der Waals surface area contributed by atoms with Gasteiger partial charge >= 0.3 is 0 Å². The summed E-state index contributed by atoms with van der Waals surface area (Å²) in [7, 11) is -3.70. The van der Waals surface area contributed by atoms with Gasteiger partial charge in [-0.1, -0.05) is 17.7 Å². The molecule has 1 N–H and O–H groups in total. The SMILES string of the molecule is Cc1cc(S(=O)(=O)Nc2cccc(Cl)c2)ccc1C#N. The number of rotatable bonds is 3. The topological polar surface area (TPSA) is 70.0 Å². The maximum Gasteiger partial charge on any atom is 0.261 e. The van der Waals surface area contributed by atoms with Gasteiger partial charge in [0.1, 0.15) is 0 Å². The molecule has 0 saturated carbocycles. The standard InChI is InChI=1S/C14H11ClN2O2S/c1-10-7-14(6-5-11(10)9-16)20(18,19)17-13-4-2-3-12(15)8-13/h2-8,17H,1H3. The molecule has 0 spiro atoms. The molecular formula is C14H11ClN2O2S. The number of hydrogen-bond donors (Lipinski definition) is 1. The maximum absolute atomic E-state index is 12.2. The molecule has 0 aliphatic rings. The molecule has 0 aromatic heterocycles. The predicted octanol–water partition coefficient (Wildman–Crippen LogP) is 3.32. The van der Waals surface area contributed by atoms with Crippen molar-refractivity contribution in [3.05, 3.63) is 58.6 Å². The fourth-order valence-corrected chi connectivity index (χ4v) is 3.02. The van der Waals surface area contributed by atoms with E-state index >= 15 is 0 Å². The Bertz CT molecular complexity index is 795. The van der Waals surface area contributed by atoms with E-state index in [-0.39, 0.29) is 4.90 Å². The van der Waals surface area contributed by atoms with Gasteiger partial charge in [0.15, 0.2) is 0 Å². The highest BCUT2D eigenvalue weighted by molar-refractivity contribution is 7.92. The van der Waals surface area contributed by atoms with Gasteiger partial charge in [-0.25, -0.2) is 8.42 Å². The summed E-state index contributed by atoms with van der Waals surface area (Å²) in [5.74, 6) is 0. The van der Waals surface area contributed by atoms with Crippen molar-refractivity contribution in [2.75, 3.05) is 4.72 Å². The van der Waals surface area contributed by atoms with E-state index in [0.29, 0.717) is 21.8 Å². The molecule has 0 heterocycles. The lowest BCUT2D eigenvalue weighted by Gasteiger charge is -2.09. The van der Waals surface area contributed by atoms with E-state index in [2.05, 4.69) is 4.72 Å². The van der Waals surface area contributed by atoms with Crippen LogP contribution in [0.2, 0.25) is 5.02 Å². The van der Waals surface area contributed by atoms with Crippen LogP contribution in [0, 0.1) is 18.3 Å². The van der Waals surface area contributed by atoms with Crippen molar-refractivity contribution in [2.45, 2.75) is 11.8 Å². The number of hydrogen-bond acceptors (Lipinski definition) is 3. The maximum atomic E-state index is 12.2. The molecule has 2 rings (SSSR count). The van der Waals surface area contributed by atoms with Crippen molar-refractivity contribution in [1.29, 1.82) is 5.26 Å². The van der Waals surface area contributed by atoms with E-state index < -0.39 is 10.0 Å². The Labute approximate surface area is 122 Å². The molecule has 0 radical (unpaired) electrons. The van der Waals surface area contributed by atoms with Crippen LogP contribution in [0.1, 0.15) is 11.1 Å². The van der Waals surface area contributed by atoms with Gasteiger partial charge in [0.05, 0.1) is 22.2 Å². The molecule has 0 aliphatic heterocycles. The largest absolute Gasteiger partial charge is 0.280 e. The Morgan fingerprint density at radius 3 is 2.55 bits per heavy atom. The first-order valence-electron chi connectivity index (χ1n) is 5.71. The Kier molecular flexibility index (Phi) is 3.98. The van der Waals surface area contributed by atoms with Crippen LogP contribution in [-0.4, -0.2) is 8.42 Å². The van der Waals surface area contributed by atoms with Crippen LogP contribution in [0.3, 0.4) is 0 Å². The Balaban J connectivity index is 2.36. The lowest BCUT2D eigenvalue weighted by molar-refractivity contribution is 0.601. The molecule has 0 bridgehead atoms. The molecular weight excluding hydrogens is 296 g/mol. The van der Waals surface area contributed by atoms with E-state index in [4.69, 9.17) is 16.9 Å². The average Bonchev–Trinajstić information content (AvgIpc) is 2.38. The van der Waals surface area contributed by atoms with Gasteiger partial charge in [-0.3, -0.25) is 4.72 Å². The molecule has 2 aromatic carbocycles. The zero-order chi connectivity index (χ0) is 14.8. The van der Waals surface area contributed by atoms with Crippen LogP contribution >= 0.6 is 11.6 Å². The summed E-state index contributed by atoms with van der Waals surface area (Å²) >= 11 is 5.81. The highest BCUT2D eigenvalue weighted by Crippen LogP contribution is 2.21. The second-order valence-electron chi connectivity index (χ2n) is 4.20. The first kappa shape index (κ1) is 14.4. The van der Waals surface area contributed by atoms with Crippen molar-refractivity contribution in [1.82, 2.24) is 0 Å². The number of halogens is 1. The lowest BCUT2D eigenvalue weighted by atomic mass is 10.1. The fourth-order valence-electron chi connectivity index (χ4n) is 1.69. The summed E-state index contributed by atoms with van der Waals surface area (Å²) in [4.78, 5) is 0.106. The second-order valence-corrected chi connectivity index (χ2v) is 6.32. The summed E-state index contributed by atoms with van der Waals surface area (Å²) in [6.45, 7) is 1.69. The molecule has 0 aliphatic carbocycles. The zero-order valence-electron chi connectivity index (χ0n) is 10.6. The molecule has 0 amide bonds. The number of aryl methyl sites for hydroxylation is 1. The van der Waals surface area contributed by atoms with Crippen molar-refractivity contribution < 1.29 is 8.42 Å². The minimum Gasteiger partial charge on any atom is -0.280 e. The smallest absolute Gasteiger partial charge is 0.261 e. The quantitative estimate of drug-likeness (QED) is 0.945. The first-order chi connectivity index (χ1) is 9.42. The first-order valence-corrected chi connectivity index (χ1v) is 7.57. The van der Waals surface area contributed by atoms with E-state index in [9.17, 15) is 8.42 Å². The van der Waals surface area contributed by atoms with Gasteiger partial charge in [-0.2, -0.15) is 5.26 Å². The van der Waals surface area contributed by atoms with Gasteiger partial charge in [-0.15, -0.1) is 0 Å². The van der Waals surface area contributed by atoms with Crippen LogP contribution in [0.25, 0.3) is 0 Å². The molecule has 0 fully saturated rings. The van der Waals surface area contributed by atoms with Crippen LogP contribution in [-0.2, 0) is 10.0 Å². The van der Waals surface area contributed by atoms with Crippen LogP contribution < -0.4 is 4.72 Å². The summed E-state index contributed by atoms with van der Waals surface area (Å²) in [6, 6.07) is 12.8. The highest BCUT2D eigenvalue weighted by Gasteiger charge is 2.15. The molecule has 0 unspecified atom stereocenters. The lowest BCUT2D eigenvalue weighted by Crippen LogP contribution is -2.13. The Morgan fingerprint density at radius 2 is 1.95 bits per heavy atom. The minimum absolute atomic E-state index is 0.106. The van der Waals surface area contributed by atoms with Gasteiger partial charge < -0.3 is 0 Å². The monoisotopic (exact) mass is 306 g/mol. The van der Waals surface area contributed by atoms with Crippen molar-refractivity contribution >= 4 is 27.3 Å². The summed E-state index contributed by atoms with van der Waals surface area (Å²) in [5, 5.41) is 9.29. The summed E-state index contributed by atoms with van der Waals surface area (Å²) < 4.78 is 26.9. The van der Waals surface area contributed by atoms with E-state index in [0.717, 1.165) is 0 Å². The minimum atomic E-state index is -3.70. The Hall–Kier alpha value is -2.03. The average molecular weight is 307 g/mol. The van der Waals surface area contributed by atoms with E-state index in [1.54, 1.807) is 25.1 Å². The predicted molar refractivity (Wildman–Crippen MR) is 78.2 cm³/mol. The number of nitrogens with one attached hydrogen (secondary N) is 1. The summed E-state index contributed by atoms with van der Waals surface area (Å²) in [5.41, 5.74) is 1.45. The second kappa shape index (κ2) is 5.53. The third kappa shape index (κ3) is 3.10. The van der Waals surface area contributed by atoms with Crippen LogP contribution in [0.4, 0.5) is 5.69 Å². The molecule has 4 nitrogen and oxygen atoms in total. The van der Waals surface area contributed by atoms with Crippen molar-refractivity contribution in [3.63, 3.8) is 0 Å². The van der Waals surface area contributed by atoms with Crippen LogP contribution in [0.15, 0.2) is 47.4 Å². The zero-order valence-corrected chi connectivity index (χ0v) is 12.2. The van der Waals surface area contributed by atoms with Gasteiger partial charge in [-0.05, 0) is 48.9 Å². The number of nitriles is 1. The molecule has 20 heavy (non-hydrogen) atoms. The number of benzene rings is 2. The van der Waals surface area contributed by atoms with E-state index in [1.165, 1.54) is 24.3 Å². The normalized spacial score (nSPS) is 10.8. The molecule has 0 saturated heterocycles.